The Morgan fingerprint density at radius 2 is 1.79 bits per heavy atom. The van der Waals surface area contributed by atoms with Crippen molar-refractivity contribution in [1.29, 1.82) is 0 Å². The number of piperazine rings is 1. The lowest BCUT2D eigenvalue weighted by Crippen LogP contribution is -2.55. The largest absolute Gasteiger partial charge is 0.573 e. The van der Waals surface area contributed by atoms with Gasteiger partial charge in [-0.3, -0.25) is 14.4 Å². The summed E-state index contributed by atoms with van der Waals surface area (Å²) in [5.74, 6) is -1.40. The number of nitrogens with one attached hydrogen (secondary N) is 2. The number of carbonyl (C=O) groups excluding carboxylic acids is 1. The molecule has 0 radical (unpaired) electrons. The Kier molecular flexibility index (Phi) is 8.21. The fraction of sp³-hybridized carbons (Fsp3) is 0.375. The van der Waals surface area contributed by atoms with E-state index in [-0.39, 0.29) is 35.1 Å². The maximum atomic E-state index is 13.2. The fourth-order valence-electron chi connectivity index (χ4n) is 4.77. The van der Waals surface area contributed by atoms with Crippen LogP contribution in [0.5, 0.6) is 5.75 Å². The molecule has 2 N–H and O–H groups in total. The summed E-state index contributed by atoms with van der Waals surface area (Å²) in [6, 6.07) is 8.00. The van der Waals surface area contributed by atoms with Gasteiger partial charge in [0.05, 0.1) is 10.7 Å². The van der Waals surface area contributed by atoms with Gasteiger partial charge in [0.1, 0.15) is 11.6 Å². The molecule has 2 aliphatic heterocycles. The third-order valence-corrected chi connectivity index (χ3v) is 7.70. The number of rotatable bonds is 8. The van der Waals surface area contributed by atoms with Gasteiger partial charge in [-0.15, -0.1) is 13.2 Å². The number of ether oxygens (including phenoxy) is 1. The van der Waals surface area contributed by atoms with Crippen LogP contribution in [0, 0.1) is 5.82 Å². The van der Waals surface area contributed by atoms with E-state index >= 15 is 0 Å². The van der Waals surface area contributed by atoms with Crippen LogP contribution in [0.25, 0.3) is 6.08 Å². The normalized spacial score (nSPS) is 20.2. The number of carbonyl (C=O) groups is 1. The average Bonchev–Trinajstić information content (AvgIpc) is 3.10. The van der Waals surface area contributed by atoms with Crippen LogP contribution in [0.4, 0.5) is 23.2 Å². The third kappa shape index (κ3) is 6.95. The van der Waals surface area contributed by atoms with E-state index < -0.39 is 27.3 Å². The second-order valence-electron chi connectivity index (χ2n) is 9.01. The highest BCUT2D eigenvalue weighted by Crippen LogP contribution is 2.36. The molecule has 2 aromatic rings. The molecule has 2 bridgehead atoms. The average molecular weight is 577 g/mol. The van der Waals surface area contributed by atoms with Gasteiger partial charge in [0.15, 0.2) is 0 Å². The van der Waals surface area contributed by atoms with Crippen molar-refractivity contribution in [3.05, 3.63) is 64.4 Å². The van der Waals surface area contributed by atoms with Crippen molar-refractivity contribution in [2.45, 2.75) is 37.8 Å². The quantitative estimate of drug-likeness (QED) is 0.364. The van der Waals surface area contributed by atoms with Crippen molar-refractivity contribution < 1.29 is 35.5 Å². The second-order valence-corrected chi connectivity index (χ2v) is 11.0. The van der Waals surface area contributed by atoms with Crippen LogP contribution in [0.1, 0.15) is 24.0 Å². The Labute approximate surface area is 222 Å². The van der Waals surface area contributed by atoms with Gasteiger partial charge >= 0.3 is 6.36 Å². The van der Waals surface area contributed by atoms with Gasteiger partial charge in [0, 0.05) is 50.4 Å². The van der Waals surface area contributed by atoms with Crippen molar-refractivity contribution in [3.8, 4) is 5.75 Å². The number of anilines is 1. The minimum absolute atomic E-state index is 0.0527. The first-order chi connectivity index (χ1) is 17.8. The molecule has 2 heterocycles. The van der Waals surface area contributed by atoms with Crippen molar-refractivity contribution in [1.82, 2.24) is 14.5 Å². The number of likely N-dealkylation sites (tertiary alicyclic amines) is 1. The Balaban J connectivity index is 1.52. The molecule has 2 fully saturated rings. The first kappa shape index (κ1) is 28.1. The highest BCUT2D eigenvalue weighted by Gasteiger charge is 2.41. The summed E-state index contributed by atoms with van der Waals surface area (Å²) in [4.78, 5) is 17.1. The first-order valence-electron chi connectivity index (χ1n) is 11.6. The van der Waals surface area contributed by atoms with E-state index in [2.05, 4.69) is 14.4 Å². The molecule has 1 amide bonds. The van der Waals surface area contributed by atoms with Crippen molar-refractivity contribution >= 4 is 39.5 Å². The monoisotopic (exact) mass is 576 g/mol. The molecule has 14 heteroatoms. The molecule has 8 nitrogen and oxygen atoms in total. The molecular formula is C24H25ClF4N4O4S. The van der Waals surface area contributed by atoms with E-state index in [4.69, 9.17) is 11.6 Å². The molecule has 0 saturated carbocycles. The standard InChI is InChI=1S/C24H25ClF4N4O4S/c1-30-38(35,36)31-21-11-20(25)22(37-24(27,28)29)10-16(21)4-9-23(34)33-18-7-8-19(33)14-32(13-18)12-15-2-5-17(26)6-3-15/h2-6,9-11,18-19,30-31H,7-8,12-14H2,1H3/b9-4+. The zero-order valence-corrected chi connectivity index (χ0v) is 21.7. The highest BCUT2D eigenvalue weighted by atomic mass is 35.5. The summed E-state index contributed by atoms with van der Waals surface area (Å²) in [5, 5.41) is -0.477. The minimum atomic E-state index is -5.03. The van der Waals surface area contributed by atoms with Gasteiger partial charge in [-0.25, -0.2) is 9.11 Å². The lowest BCUT2D eigenvalue weighted by Gasteiger charge is -2.40. The van der Waals surface area contributed by atoms with Crippen LogP contribution >= 0.6 is 11.6 Å². The summed E-state index contributed by atoms with van der Waals surface area (Å²) in [6.07, 6.45) is -1.03. The highest BCUT2D eigenvalue weighted by molar-refractivity contribution is 7.90. The van der Waals surface area contributed by atoms with Crippen LogP contribution in [-0.2, 0) is 21.5 Å². The summed E-state index contributed by atoms with van der Waals surface area (Å²) in [5.41, 5.74) is 0.764. The van der Waals surface area contributed by atoms with Gasteiger partial charge in [-0.1, -0.05) is 23.7 Å². The number of alkyl halides is 3. The molecule has 0 aromatic heterocycles. The third-order valence-electron chi connectivity index (χ3n) is 6.38. The molecule has 0 aliphatic carbocycles. The van der Waals surface area contributed by atoms with Gasteiger partial charge < -0.3 is 9.64 Å². The smallest absolute Gasteiger partial charge is 0.404 e. The van der Waals surface area contributed by atoms with Gasteiger partial charge in [-0.05, 0) is 48.7 Å². The second kappa shape index (κ2) is 11.1. The van der Waals surface area contributed by atoms with Gasteiger partial charge in [0.25, 0.3) is 10.2 Å². The molecule has 4 rings (SSSR count). The summed E-state index contributed by atoms with van der Waals surface area (Å²) < 4.78 is 83.8. The topological polar surface area (TPSA) is 91.0 Å². The van der Waals surface area contributed by atoms with Crippen LogP contribution in [0.3, 0.4) is 0 Å². The van der Waals surface area contributed by atoms with E-state index in [1.54, 1.807) is 17.0 Å². The molecular weight excluding hydrogens is 552 g/mol. The van der Waals surface area contributed by atoms with Crippen LogP contribution in [0.2, 0.25) is 5.02 Å². The molecule has 206 valence electrons. The SMILES string of the molecule is CNS(=O)(=O)Nc1cc(Cl)c(OC(F)(F)F)cc1/C=C/C(=O)N1C2CCC1CN(Cc1ccc(F)cc1)C2. The lowest BCUT2D eigenvalue weighted by atomic mass is 10.1. The van der Waals surface area contributed by atoms with E-state index in [1.165, 1.54) is 24.3 Å². The number of nitrogens with zero attached hydrogens (tertiary/aromatic N) is 2. The zero-order chi connectivity index (χ0) is 27.7. The lowest BCUT2D eigenvalue weighted by molar-refractivity contribution is -0.274. The number of benzene rings is 2. The first-order valence-corrected chi connectivity index (χ1v) is 13.5. The number of hydrogen-bond donors (Lipinski definition) is 2. The van der Waals surface area contributed by atoms with E-state index in [1.807, 2.05) is 4.72 Å². The van der Waals surface area contributed by atoms with Crippen molar-refractivity contribution in [3.63, 3.8) is 0 Å². The number of fused-ring (bicyclic) bond motifs is 2. The zero-order valence-electron chi connectivity index (χ0n) is 20.1. The maximum absolute atomic E-state index is 13.2. The molecule has 2 saturated heterocycles. The van der Waals surface area contributed by atoms with Crippen molar-refractivity contribution in [2.24, 2.45) is 0 Å². The molecule has 2 aliphatic rings. The Hall–Kier alpha value is -2.87. The molecule has 38 heavy (non-hydrogen) atoms. The van der Waals surface area contributed by atoms with Gasteiger partial charge in [-0.2, -0.15) is 8.42 Å². The molecule has 0 spiro atoms. The molecule has 2 atom stereocenters. The number of halogens is 5. The number of hydrogen-bond acceptors (Lipinski definition) is 5. The van der Waals surface area contributed by atoms with E-state index in [9.17, 15) is 30.8 Å². The summed E-state index contributed by atoms with van der Waals surface area (Å²) in [6.45, 7) is 1.85. The molecule has 2 unspecified atom stereocenters. The number of amides is 1. The van der Waals surface area contributed by atoms with Crippen LogP contribution in [-0.4, -0.2) is 62.7 Å². The Morgan fingerprint density at radius 3 is 2.37 bits per heavy atom. The predicted octanol–water partition coefficient (Wildman–Crippen LogP) is 4.14. The summed E-state index contributed by atoms with van der Waals surface area (Å²) >= 11 is 5.89. The molecule has 2 aromatic carbocycles. The predicted molar refractivity (Wildman–Crippen MR) is 134 cm³/mol. The van der Waals surface area contributed by atoms with Gasteiger partial charge in [0.2, 0.25) is 5.91 Å². The van der Waals surface area contributed by atoms with E-state index in [0.717, 1.165) is 37.6 Å². The van der Waals surface area contributed by atoms with Crippen molar-refractivity contribution in [2.75, 3.05) is 24.9 Å². The Morgan fingerprint density at radius 1 is 1.16 bits per heavy atom. The maximum Gasteiger partial charge on any atom is 0.573 e. The van der Waals surface area contributed by atoms with E-state index in [0.29, 0.717) is 19.6 Å². The van der Waals surface area contributed by atoms with Crippen LogP contribution in [0.15, 0.2) is 42.5 Å². The Bertz CT molecular complexity index is 1310. The fourth-order valence-corrected chi connectivity index (χ4v) is 5.54. The minimum Gasteiger partial charge on any atom is -0.404 e. The summed E-state index contributed by atoms with van der Waals surface area (Å²) in [7, 11) is -2.89. The van der Waals surface area contributed by atoms with Crippen LogP contribution < -0.4 is 14.2 Å².